The topological polar surface area (TPSA) is 247 Å². The summed E-state index contributed by atoms with van der Waals surface area (Å²) < 4.78 is 20.1. The number of hydrogen-bond acceptors (Lipinski definition) is 22. The third kappa shape index (κ3) is 12.0. The normalized spacial score (nSPS) is 20.2. The summed E-state index contributed by atoms with van der Waals surface area (Å²) in [6.07, 6.45) is 2.80. The Kier molecular flexibility index (Phi) is 24.7. The van der Waals surface area contributed by atoms with E-state index in [9.17, 15) is 40.9 Å². The average Bonchev–Trinajstić information content (AvgIpc) is 0.679. The highest BCUT2D eigenvalue weighted by Crippen LogP contribution is 2.54. The minimum atomic E-state index is -0.947. The number of β-amino-alcohol motifs (C(OH)–C–C–N with tert-alkyl or cyclic N) is 6. The van der Waals surface area contributed by atoms with Crippen LogP contribution < -0.4 is 19.6 Å². The summed E-state index contributed by atoms with van der Waals surface area (Å²) in [6.45, 7) is 47.2. The lowest BCUT2D eigenvalue weighted by molar-refractivity contribution is -0.137. The van der Waals surface area contributed by atoms with Crippen LogP contribution in [0.2, 0.25) is 0 Å². The van der Waals surface area contributed by atoms with E-state index < -0.39 is 11.3 Å². The van der Waals surface area contributed by atoms with Crippen molar-refractivity contribution in [3.63, 3.8) is 0 Å². The van der Waals surface area contributed by atoms with Gasteiger partial charge in [0.15, 0.2) is 91.8 Å². The average molecular weight is 1450 g/mol. The van der Waals surface area contributed by atoms with Crippen LogP contribution >= 0.6 is 0 Å². The number of aliphatic hydroxyl groups excluding tert-OH is 8. The first-order chi connectivity index (χ1) is 50.2. The lowest BCUT2D eigenvalue weighted by Gasteiger charge is -2.68. The van der Waals surface area contributed by atoms with Gasteiger partial charge in [0.25, 0.3) is 0 Å². The van der Waals surface area contributed by atoms with Crippen LogP contribution in [0.15, 0.2) is 34.9 Å². The van der Waals surface area contributed by atoms with Crippen LogP contribution in [0.3, 0.4) is 0 Å². The molecule has 0 amide bonds. The lowest BCUT2D eigenvalue weighted by atomic mass is 9.94. The Morgan fingerprint density at radius 2 is 0.563 bits per heavy atom. The molecule has 4 aromatic heterocycles. The summed E-state index contributed by atoms with van der Waals surface area (Å²) in [5, 5.41) is 91.9. The summed E-state index contributed by atoms with van der Waals surface area (Å²) in [4.78, 5) is 34.4. The molecule has 2 spiro atoms. The van der Waals surface area contributed by atoms with Gasteiger partial charge in [-0.15, -0.1) is 0 Å². The fraction of sp³-hybridized carbons (Fsp3) is 0.781. The van der Waals surface area contributed by atoms with Crippen molar-refractivity contribution in [1.82, 2.24) is 85.5 Å². The van der Waals surface area contributed by atoms with Gasteiger partial charge >= 0.3 is 0 Å². The van der Waals surface area contributed by atoms with Crippen LogP contribution in [-0.2, 0) is 52.4 Å². The molecule has 0 fully saturated rings. The van der Waals surface area contributed by atoms with E-state index in [4.69, 9.17) is 0 Å². The van der Waals surface area contributed by atoms with Crippen molar-refractivity contribution in [2.24, 2.45) is 0 Å². The first-order valence-corrected chi connectivity index (χ1v) is 39.9. The lowest BCUT2D eigenvalue weighted by Crippen LogP contribution is -2.80. The molecular formula is C73H132N22O8. The molecule has 0 bridgehead atoms. The second kappa shape index (κ2) is 32.9. The minimum Gasteiger partial charge on any atom is -0.395 e. The van der Waals surface area contributed by atoms with Gasteiger partial charge in [0.05, 0.1) is 79.0 Å². The molecule has 0 saturated heterocycles. The maximum atomic E-state index is 11.9. The highest BCUT2D eigenvalue weighted by Gasteiger charge is 2.62. The molecule has 2 atom stereocenters. The molecule has 8 N–H and O–H groups in total. The van der Waals surface area contributed by atoms with Crippen molar-refractivity contribution in [3.05, 3.63) is 34.9 Å². The molecule has 11 rings (SSSR count). The van der Waals surface area contributed by atoms with E-state index in [1.54, 1.807) is 0 Å². The summed E-state index contributed by atoms with van der Waals surface area (Å²) in [5.41, 5.74) is 4.37. The minimum absolute atomic E-state index is 0.00956. The number of likely N-dealkylation sites (N-methyl/N-ethyl adjacent to an activating group) is 6. The molecule has 7 aliphatic rings. The third-order valence-electron chi connectivity index (χ3n) is 23.0. The maximum absolute atomic E-state index is 11.9. The number of aliphatic hydroxyl groups is 8. The van der Waals surface area contributed by atoms with Gasteiger partial charge in [0.1, 0.15) is 11.6 Å². The molecule has 0 saturated carbocycles. The Morgan fingerprint density at radius 1 is 0.223 bits per heavy atom. The molecule has 0 aliphatic carbocycles. The van der Waals surface area contributed by atoms with Crippen LogP contribution in [0.4, 0.5) is 23.3 Å². The molecule has 11 heterocycles. The van der Waals surface area contributed by atoms with E-state index in [1.807, 2.05) is 0 Å². The zero-order valence-electron chi connectivity index (χ0n) is 65.4. The fourth-order valence-corrected chi connectivity index (χ4v) is 19.6. The Hall–Kier alpha value is -6.80. The molecule has 30 heteroatoms. The second-order valence-corrected chi connectivity index (χ2v) is 28.2. The largest absolute Gasteiger partial charge is 0.395 e. The summed E-state index contributed by atoms with van der Waals surface area (Å²) in [5.74, 6) is 9.94. The van der Waals surface area contributed by atoms with Crippen LogP contribution in [0.5, 0.6) is 0 Å². The van der Waals surface area contributed by atoms with Crippen LogP contribution in [0.25, 0.3) is 33.9 Å². The highest BCUT2D eigenvalue weighted by molar-refractivity contribution is 5.92. The van der Waals surface area contributed by atoms with Gasteiger partial charge in [-0.2, -0.15) is 0 Å². The van der Waals surface area contributed by atoms with Crippen molar-refractivity contribution in [2.75, 3.05) is 216 Å². The zero-order valence-corrected chi connectivity index (χ0v) is 65.4. The molecular weight excluding hydrogens is 1310 g/mol. The van der Waals surface area contributed by atoms with Crippen molar-refractivity contribution < 1.29 is 40.9 Å². The Labute approximate surface area is 612 Å². The van der Waals surface area contributed by atoms with Crippen LogP contribution in [0, 0.1) is 0 Å². The van der Waals surface area contributed by atoms with E-state index >= 15 is 0 Å². The third-order valence-corrected chi connectivity index (χ3v) is 23.0. The molecule has 0 radical (unpaired) electrons. The SMILES string of the molecule is CCCN1CCN(CC)c2c1n(CCC)c1c(n2CC)n(CC)c2c(n1CCC)n(CCO)c1c(n(CC)c3c(n1CCO)N(CCO)CC1(CN(CCO)C4=C(N(CC)C5=C(N(CCO)CC6(CN(CCO)C7=C(N(CC)CCN7CCO)N6CC)N5CC)N4CCO)N1CC)N3CC)n2CC. The number of anilines is 4. The second-order valence-electron chi connectivity index (χ2n) is 28.2. The summed E-state index contributed by atoms with van der Waals surface area (Å²) in [7, 11) is 0. The fourth-order valence-electron chi connectivity index (χ4n) is 19.6. The van der Waals surface area contributed by atoms with E-state index in [1.165, 1.54) is 11.6 Å². The molecule has 7 aliphatic heterocycles. The highest BCUT2D eigenvalue weighted by atomic mass is 16.3. The number of rotatable bonds is 33. The Balaban J connectivity index is 1.25. The zero-order chi connectivity index (χ0) is 73.9. The Morgan fingerprint density at radius 3 is 1.03 bits per heavy atom. The number of nitrogens with zero attached hydrogens (tertiary/aromatic N) is 22. The van der Waals surface area contributed by atoms with Crippen molar-refractivity contribution in [3.8, 4) is 0 Å². The van der Waals surface area contributed by atoms with Crippen molar-refractivity contribution in [1.29, 1.82) is 0 Å². The van der Waals surface area contributed by atoms with Gasteiger partial charge in [-0.25, -0.2) is 0 Å². The monoisotopic (exact) mass is 1450 g/mol. The van der Waals surface area contributed by atoms with Gasteiger partial charge in [-0.3, -0.25) is 0 Å². The predicted octanol–water partition coefficient (Wildman–Crippen LogP) is 3.31. The number of aryl methyl sites for hydroxylation is 6. The van der Waals surface area contributed by atoms with Crippen molar-refractivity contribution >= 4 is 57.2 Å². The molecule has 4 aromatic rings. The molecule has 582 valence electrons. The summed E-state index contributed by atoms with van der Waals surface area (Å²) >= 11 is 0. The van der Waals surface area contributed by atoms with E-state index in [0.29, 0.717) is 105 Å². The summed E-state index contributed by atoms with van der Waals surface area (Å²) in [6, 6.07) is 0. The quantitative estimate of drug-likeness (QED) is 0.0319. The standard InChI is InChI=1S/C73H132N22O8/c1-15-29-76-34-32-74(18-4)57-58(76)87(30-16-2)66-63(82(57)20-6)83(21-7)64-67(88(66)31-17-3)91(43-51-103)68-65(84(64)22-8)85(23-9)69-61(90(68)42-50-102)81(40-48-100)55-73(93(69)26-12)54-80(39-47-99)60-71(95(73)28-14)86(24-10)70-59(89(60)41-49-101)79(38-46-98)53-72(94(70)27-13)52-78(37-45-97)56-62(92(72)25-11)75(19-5)33-35-77(56)36-44-96/h96-103H,15-55H2,1-14H3. The van der Waals surface area contributed by atoms with Crippen LogP contribution in [0.1, 0.15) is 116 Å². The molecule has 30 nitrogen and oxygen atoms in total. The van der Waals surface area contributed by atoms with Gasteiger partial charge in [0.2, 0.25) is 0 Å². The van der Waals surface area contributed by atoms with E-state index in [2.05, 4.69) is 202 Å². The maximum Gasteiger partial charge on any atom is 0.158 e. The number of fused-ring (bicyclic) bond motifs is 5. The predicted molar refractivity (Wildman–Crippen MR) is 410 cm³/mol. The van der Waals surface area contributed by atoms with Gasteiger partial charge in [-0.1, -0.05) is 20.8 Å². The first kappa shape index (κ1) is 77.3. The first-order valence-electron chi connectivity index (χ1n) is 39.9. The van der Waals surface area contributed by atoms with Gasteiger partial charge in [-0.05, 0) is 95.4 Å². The van der Waals surface area contributed by atoms with E-state index in [-0.39, 0.29) is 85.6 Å². The van der Waals surface area contributed by atoms with Crippen LogP contribution in [-0.4, -0.2) is 335 Å². The van der Waals surface area contributed by atoms with Gasteiger partial charge in [0, 0.05) is 170 Å². The van der Waals surface area contributed by atoms with Crippen molar-refractivity contribution in [2.45, 2.75) is 180 Å². The smallest absolute Gasteiger partial charge is 0.158 e. The molecule has 0 aromatic carbocycles. The number of hydrogen-bond donors (Lipinski definition) is 8. The number of aromatic nitrogens is 8. The molecule has 103 heavy (non-hydrogen) atoms. The van der Waals surface area contributed by atoms with E-state index in [0.717, 1.165) is 159 Å². The molecule has 2 unspecified atom stereocenters. The van der Waals surface area contributed by atoms with Gasteiger partial charge < -0.3 is 146 Å². The Bertz CT molecular complexity index is 3790.